The number of guanidine groups is 1. The van der Waals surface area contributed by atoms with Crippen LogP contribution in [0.3, 0.4) is 0 Å². The van der Waals surface area contributed by atoms with Crippen molar-refractivity contribution in [3.63, 3.8) is 0 Å². The van der Waals surface area contributed by atoms with Crippen molar-refractivity contribution in [3.05, 3.63) is 77.9 Å². The lowest BCUT2D eigenvalue weighted by Crippen LogP contribution is -2.22. The van der Waals surface area contributed by atoms with Crippen molar-refractivity contribution in [1.29, 1.82) is 0 Å². The molecule has 3 nitrogen and oxygen atoms in total. The molecule has 0 unspecified atom stereocenters. The molecule has 23 heavy (non-hydrogen) atoms. The van der Waals surface area contributed by atoms with Gasteiger partial charge in [-0.2, -0.15) is 0 Å². The molecular formula is C19H20IN3. The zero-order valence-electron chi connectivity index (χ0n) is 13.0. The van der Waals surface area contributed by atoms with Gasteiger partial charge in [-0.3, -0.25) is 0 Å². The summed E-state index contributed by atoms with van der Waals surface area (Å²) in [7, 11) is 0. The molecule has 4 heteroatoms. The highest BCUT2D eigenvalue weighted by Crippen LogP contribution is 2.16. The highest BCUT2D eigenvalue weighted by molar-refractivity contribution is 14.0. The molecule has 0 saturated carbocycles. The highest BCUT2D eigenvalue weighted by Gasteiger charge is 1.98. The molecule has 0 fully saturated rings. The molecule has 0 bridgehead atoms. The predicted octanol–water partition coefficient (Wildman–Crippen LogP) is 4.69. The summed E-state index contributed by atoms with van der Waals surface area (Å²) >= 11 is 0. The van der Waals surface area contributed by atoms with Gasteiger partial charge in [-0.25, -0.2) is 4.99 Å². The third kappa shape index (κ3) is 4.69. The normalized spacial score (nSPS) is 11.1. The minimum absolute atomic E-state index is 0. The molecule has 0 aliphatic rings. The van der Waals surface area contributed by atoms with E-state index in [4.69, 9.17) is 5.73 Å². The molecule has 3 rings (SSSR count). The van der Waals surface area contributed by atoms with Crippen LogP contribution in [0.5, 0.6) is 0 Å². The van der Waals surface area contributed by atoms with Crippen molar-refractivity contribution < 1.29 is 0 Å². The van der Waals surface area contributed by atoms with Crippen LogP contribution in [0.25, 0.3) is 10.8 Å². The van der Waals surface area contributed by atoms with E-state index in [0.29, 0.717) is 12.5 Å². The summed E-state index contributed by atoms with van der Waals surface area (Å²) in [4.78, 5) is 4.41. The first-order valence-electron chi connectivity index (χ1n) is 7.32. The fourth-order valence-corrected chi connectivity index (χ4v) is 2.42. The minimum atomic E-state index is 0. The van der Waals surface area contributed by atoms with Crippen molar-refractivity contribution in [2.45, 2.75) is 13.5 Å². The molecule has 0 aliphatic heterocycles. The molecule has 118 valence electrons. The summed E-state index contributed by atoms with van der Waals surface area (Å²) in [5.74, 6) is 0.429. The lowest BCUT2D eigenvalue weighted by Gasteiger charge is -2.07. The number of fused-ring (bicyclic) bond motifs is 1. The Bertz CT molecular complexity index is 827. The number of aliphatic imine (C=N–C) groups is 1. The molecule has 0 atom stereocenters. The quantitative estimate of drug-likeness (QED) is 0.369. The maximum atomic E-state index is 5.96. The lowest BCUT2D eigenvalue weighted by molar-refractivity contribution is 1.06. The Morgan fingerprint density at radius 3 is 2.52 bits per heavy atom. The van der Waals surface area contributed by atoms with Crippen LogP contribution >= 0.6 is 24.0 Å². The smallest absolute Gasteiger partial charge is 0.193 e. The Hall–Kier alpha value is -2.08. The van der Waals surface area contributed by atoms with Crippen molar-refractivity contribution in [1.82, 2.24) is 0 Å². The van der Waals surface area contributed by atoms with Crippen LogP contribution < -0.4 is 11.1 Å². The molecule has 0 radical (unpaired) electrons. The van der Waals surface area contributed by atoms with Gasteiger partial charge in [0.25, 0.3) is 0 Å². The molecule has 0 amide bonds. The standard InChI is InChI=1S/C19H19N3.HI/c1-14-5-4-8-18(11-14)22-19(20)21-13-15-9-10-16-6-2-3-7-17(16)12-15;/h2-12H,13H2,1H3,(H3,20,21,22);1H. The number of hydrogen-bond donors (Lipinski definition) is 2. The number of hydrogen-bond acceptors (Lipinski definition) is 1. The second-order valence-electron chi connectivity index (χ2n) is 5.38. The molecule has 0 heterocycles. The average Bonchev–Trinajstić information content (AvgIpc) is 2.53. The number of aryl methyl sites for hydroxylation is 1. The number of halogens is 1. The van der Waals surface area contributed by atoms with E-state index < -0.39 is 0 Å². The number of nitrogens with one attached hydrogen (secondary N) is 1. The van der Waals surface area contributed by atoms with E-state index >= 15 is 0 Å². The van der Waals surface area contributed by atoms with Crippen molar-refractivity contribution >= 4 is 46.4 Å². The van der Waals surface area contributed by atoms with Gasteiger partial charge in [0.05, 0.1) is 6.54 Å². The van der Waals surface area contributed by atoms with E-state index in [9.17, 15) is 0 Å². The number of nitrogens with two attached hydrogens (primary N) is 1. The molecule has 3 N–H and O–H groups in total. The summed E-state index contributed by atoms with van der Waals surface area (Å²) in [6, 6.07) is 22.7. The van der Waals surface area contributed by atoms with Gasteiger partial charge in [-0.05, 0) is 47.0 Å². The summed E-state index contributed by atoms with van der Waals surface area (Å²) in [6.07, 6.45) is 0. The Balaban J connectivity index is 0.00000192. The Labute approximate surface area is 153 Å². The summed E-state index contributed by atoms with van der Waals surface area (Å²) in [5, 5.41) is 5.58. The Kier molecular flexibility index (Phi) is 5.98. The van der Waals surface area contributed by atoms with Crippen molar-refractivity contribution in [2.75, 3.05) is 5.32 Å². The molecule has 0 aliphatic carbocycles. The van der Waals surface area contributed by atoms with Crippen LogP contribution in [0.2, 0.25) is 0 Å². The maximum absolute atomic E-state index is 5.96. The van der Waals surface area contributed by atoms with E-state index in [-0.39, 0.29) is 24.0 Å². The molecule has 0 saturated heterocycles. The van der Waals surface area contributed by atoms with Gasteiger partial charge in [-0.1, -0.05) is 48.5 Å². The zero-order valence-corrected chi connectivity index (χ0v) is 15.3. The summed E-state index contributed by atoms with van der Waals surface area (Å²) < 4.78 is 0. The highest BCUT2D eigenvalue weighted by atomic mass is 127. The lowest BCUT2D eigenvalue weighted by atomic mass is 10.1. The topological polar surface area (TPSA) is 50.4 Å². The Morgan fingerprint density at radius 1 is 0.957 bits per heavy atom. The number of rotatable bonds is 3. The maximum Gasteiger partial charge on any atom is 0.193 e. The van der Waals surface area contributed by atoms with Gasteiger partial charge >= 0.3 is 0 Å². The average molecular weight is 417 g/mol. The zero-order chi connectivity index (χ0) is 15.4. The van der Waals surface area contributed by atoms with Gasteiger partial charge in [0, 0.05) is 5.69 Å². The van der Waals surface area contributed by atoms with Crippen LogP contribution in [0, 0.1) is 6.92 Å². The molecular weight excluding hydrogens is 397 g/mol. The van der Waals surface area contributed by atoms with E-state index in [1.807, 2.05) is 43.3 Å². The monoisotopic (exact) mass is 417 g/mol. The van der Waals surface area contributed by atoms with E-state index in [1.54, 1.807) is 0 Å². The minimum Gasteiger partial charge on any atom is -0.370 e. The van der Waals surface area contributed by atoms with Crippen LogP contribution in [-0.4, -0.2) is 5.96 Å². The first kappa shape index (κ1) is 17.3. The van der Waals surface area contributed by atoms with E-state index in [1.165, 1.54) is 16.3 Å². The molecule has 3 aromatic rings. The van der Waals surface area contributed by atoms with Crippen LogP contribution in [0.4, 0.5) is 5.69 Å². The number of benzene rings is 3. The van der Waals surface area contributed by atoms with Crippen molar-refractivity contribution in [3.8, 4) is 0 Å². The number of nitrogens with zero attached hydrogens (tertiary/aromatic N) is 1. The van der Waals surface area contributed by atoms with Crippen LogP contribution in [0.15, 0.2) is 71.7 Å². The number of anilines is 1. The second-order valence-corrected chi connectivity index (χ2v) is 5.38. The molecule has 3 aromatic carbocycles. The largest absolute Gasteiger partial charge is 0.370 e. The van der Waals surface area contributed by atoms with Crippen LogP contribution in [0.1, 0.15) is 11.1 Å². The van der Waals surface area contributed by atoms with E-state index in [2.05, 4.69) is 40.6 Å². The van der Waals surface area contributed by atoms with Gasteiger partial charge in [0.2, 0.25) is 0 Å². The summed E-state index contributed by atoms with van der Waals surface area (Å²) in [6.45, 7) is 2.61. The summed E-state index contributed by atoms with van der Waals surface area (Å²) in [5.41, 5.74) is 9.25. The first-order valence-corrected chi connectivity index (χ1v) is 7.32. The van der Waals surface area contributed by atoms with Gasteiger partial charge in [0.15, 0.2) is 5.96 Å². The van der Waals surface area contributed by atoms with Crippen molar-refractivity contribution in [2.24, 2.45) is 10.7 Å². The van der Waals surface area contributed by atoms with Gasteiger partial charge < -0.3 is 11.1 Å². The predicted molar refractivity (Wildman–Crippen MR) is 109 cm³/mol. The Morgan fingerprint density at radius 2 is 1.74 bits per heavy atom. The fraction of sp³-hybridized carbons (Fsp3) is 0.105. The second kappa shape index (κ2) is 7.97. The third-order valence-electron chi connectivity index (χ3n) is 3.54. The van der Waals surface area contributed by atoms with Crippen LogP contribution in [-0.2, 0) is 6.54 Å². The molecule has 0 aromatic heterocycles. The fourth-order valence-electron chi connectivity index (χ4n) is 2.42. The van der Waals surface area contributed by atoms with E-state index in [0.717, 1.165) is 11.3 Å². The third-order valence-corrected chi connectivity index (χ3v) is 3.54. The SMILES string of the molecule is Cc1cccc(NC(N)=NCc2ccc3ccccc3c2)c1.I. The first-order chi connectivity index (χ1) is 10.7. The van der Waals surface area contributed by atoms with Gasteiger partial charge in [-0.15, -0.1) is 24.0 Å². The van der Waals surface area contributed by atoms with Gasteiger partial charge in [0.1, 0.15) is 0 Å². The molecule has 0 spiro atoms.